The van der Waals surface area contributed by atoms with Crippen LogP contribution in [-0.4, -0.2) is 30.3 Å². The molecule has 1 amide bonds. The van der Waals surface area contributed by atoms with Crippen molar-refractivity contribution in [2.45, 2.75) is 26.2 Å². The van der Waals surface area contributed by atoms with Gasteiger partial charge in [0.15, 0.2) is 0 Å². The Bertz CT molecular complexity index is 175. The molecule has 0 fully saturated rings. The third-order valence-electron chi connectivity index (χ3n) is 1.34. The normalized spacial score (nSPS) is 8.64. The highest BCUT2D eigenvalue weighted by Crippen LogP contribution is 1.88. The number of hydrogen-bond donors (Lipinski definition) is 2. The fourth-order valence-corrected chi connectivity index (χ4v) is 0.632. The van der Waals surface area contributed by atoms with Crippen LogP contribution in [-0.2, 0) is 9.53 Å². The van der Waals surface area contributed by atoms with Crippen molar-refractivity contribution in [2.24, 2.45) is 0 Å². The molecule has 0 aromatic carbocycles. The van der Waals surface area contributed by atoms with Crippen LogP contribution in [0.3, 0.4) is 0 Å². The van der Waals surface area contributed by atoms with Crippen LogP contribution in [0.2, 0.25) is 0 Å². The summed E-state index contributed by atoms with van der Waals surface area (Å²) in [5, 5.41) is 10.6. The number of carbonyl (C=O) groups excluding carboxylic acids is 1. The quantitative estimate of drug-likeness (QED) is 0.671. The van der Waals surface area contributed by atoms with Crippen molar-refractivity contribution in [3.05, 3.63) is 0 Å². The zero-order valence-electron chi connectivity index (χ0n) is 8.12. The van der Waals surface area contributed by atoms with E-state index in [-0.39, 0.29) is 25.4 Å². The molecule has 2 N–H and O–H groups in total. The van der Waals surface area contributed by atoms with E-state index in [2.05, 4.69) is 5.32 Å². The summed E-state index contributed by atoms with van der Waals surface area (Å²) in [5.74, 6) is -0.936. The Morgan fingerprint density at radius 1 is 1.43 bits per heavy atom. The fraction of sp³-hybridized carbons (Fsp3) is 0.750. The van der Waals surface area contributed by atoms with Gasteiger partial charge in [-0.25, -0.2) is 4.79 Å². The Morgan fingerprint density at radius 2 is 2.07 bits per heavy atom. The van der Waals surface area contributed by atoms with Crippen molar-refractivity contribution in [1.29, 1.82) is 0 Å². The van der Waals surface area contributed by atoms with Crippen molar-refractivity contribution in [3.8, 4) is 0 Å². The number of rotatable bonds is 6. The van der Waals surface area contributed by atoms with Gasteiger partial charge in [0, 0.05) is 6.54 Å². The number of alkyl carbamates (subject to hydrolysis) is 1. The second kappa shape index (κ2) is 10.1. The molecule has 84 valence electrons. The summed E-state index contributed by atoms with van der Waals surface area (Å²) in [6.07, 6.45) is 1.16. The van der Waals surface area contributed by atoms with Crippen LogP contribution < -0.4 is 5.32 Å². The van der Waals surface area contributed by atoms with E-state index in [1.54, 1.807) is 0 Å². The molecule has 0 aromatic rings. The topological polar surface area (TPSA) is 75.6 Å². The molecule has 0 heterocycles. The smallest absolute Gasteiger partial charge is 0.407 e. The first-order chi connectivity index (χ1) is 6.16. The van der Waals surface area contributed by atoms with Crippen LogP contribution >= 0.6 is 12.4 Å². The van der Waals surface area contributed by atoms with E-state index in [1.165, 1.54) is 0 Å². The van der Waals surface area contributed by atoms with Gasteiger partial charge in [0.2, 0.25) is 0 Å². The first-order valence-corrected chi connectivity index (χ1v) is 4.29. The van der Waals surface area contributed by atoms with Crippen LogP contribution in [0.5, 0.6) is 0 Å². The van der Waals surface area contributed by atoms with Crippen molar-refractivity contribution in [1.82, 2.24) is 5.32 Å². The number of unbranched alkanes of at least 4 members (excludes halogenated alkanes) is 1. The Labute approximate surface area is 89.2 Å². The molecule has 0 aliphatic carbocycles. The molecule has 0 aliphatic rings. The zero-order valence-corrected chi connectivity index (χ0v) is 8.93. The third-order valence-corrected chi connectivity index (χ3v) is 1.34. The van der Waals surface area contributed by atoms with Gasteiger partial charge in [-0.1, -0.05) is 13.3 Å². The minimum absolute atomic E-state index is 0. The maximum atomic E-state index is 10.8. The number of amides is 1. The summed E-state index contributed by atoms with van der Waals surface area (Å²) >= 11 is 0. The van der Waals surface area contributed by atoms with Crippen molar-refractivity contribution in [3.63, 3.8) is 0 Å². The van der Waals surface area contributed by atoms with Crippen LogP contribution in [0.15, 0.2) is 0 Å². The number of ether oxygens (including phenoxy) is 1. The monoisotopic (exact) mass is 225 g/mol. The van der Waals surface area contributed by atoms with Crippen molar-refractivity contribution < 1.29 is 19.4 Å². The summed E-state index contributed by atoms with van der Waals surface area (Å²) < 4.78 is 4.72. The lowest BCUT2D eigenvalue weighted by Gasteiger charge is -2.04. The molecule has 6 heteroatoms. The van der Waals surface area contributed by atoms with E-state index in [1.807, 2.05) is 6.92 Å². The maximum Gasteiger partial charge on any atom is 0.407 e. The summed E-state index contributed by atoms with van der Waals surface area (Å²) in [6.45, 7) is 2.49. The minimum atomic E-state index is -0.936. The first kappa shape index (κ1) is 15.5. The number of hydrogen-bond acceptors (Lipinski definition) is 3. The molecule has 0 saturated carbocycles. The number of halogens is 1. The van der Waals surface area contributed by atoms with Gasteiger partial charge in [-0.3, -0.25) is 4.79 Å². The Hall–Kier alpha value is -0.970. The summed E-state index contributed by atoms with van der Waals surface area (Å²) in [6, 6.07) is 0. The predicted octanol–water partition coefficient (Wildman–Crippen LogP) is 1.41. The van der Waals surface area contributed by atoms with Crippen molar-refractivity contribution >= 4 is 24.5 Å². The summed E-state index contributed by atoms with van der Waals surface area (Å²) in [7, 11) is 0. The molecule has 0 aromatic heterocycles. The number of aliphatic carboxylic acids is 1. The van der Waals surface area contributed by atoms with E-state index in [9.17, 15) is 9.59 Å². The summed E-state index contributed by atoms with van der Waals surface area (Å²) in [4.78, 5) is 20.8. The van der Waals surface area contributed by atoms with Gasteiger partial charge in [0.1, 0.15) is 0 Å². The molecular formula is C8H16ClNO4. The highest BCUT2D eigenvalue weighted by Gasteiger charge is 2.01. The summed E-state index contributed by atoms with van der Waals surface area (Å²) in [5.41, 5.74) is 0. The van der Waals surface area contributed by atoms with E-state index in [0.29, 0.717) is 6.61 Å². The average molecular weight is 226 g/mol. The molecule has 5 nitrogen and oxygen atoms in total. The lowest BCUT2D eigenvalue weighted by molar-refractivity contribution is -0.136. The predicted molar refractivity (Wildman–Crippen MR) is 53.8 cm³/mol. The molecule has 0 rings (SSSR count). The zero-order chi connectivity index (χ0) is 10.1. The molecule has 0 unspecified atom stereocenters. The molecule has 0 aliphatic heterocycles. The van der Waals surface area contributed by atoms with Gasteiger partial charge in [-0.05, 0) is 6.42 Å². The van der Waals surface area contributed by atoms with E-state index in [0.717, 1.165) is 12.8 Å². The Kier molecular flexibility index (Phi) is 11.2. The van der Waals surface area contributed by atoms with E-state index >= 15 is 0 Å². The van der Waals surface area contributed by atoms with Crippen LogP contribution in [0.25, 0.3) is 0 Å². The lowest BCUT2D eigenvalue weighted by atomic mass is 10.4. The van der Waals surface area contributed by atoms with Crippen molar-refractivity contribution in [2.75, 3.05) is 13.2 Å². The van der Waals surface area contributed by atoms with Gasteiger partial charge in [0.05, 0.1) is 13.0 Å². The molecular weight excluding hydrogens is 210 g/mol. The number of carbonyl (C=O) groups is 2. The Morgan fingerprint density at radius 3 is 2.57 bits per heavy atom. The second-order valence-electron chi connectivity index (χ2n) is 2.56. The molecule has 0 atom stereocenters. The van der Waals surface area contributed by atoms with Gasteiger partial charge in [-0.15, -0.1) is 12.4 Å². The fourth-order valence-electron chi connectivity index (χ4n) is 0.632. The van der Waals surface area contributed by atoms with Gasteiger partial charge in [-0.2, -0.15) is 0 Å². The van der Waals surface area contributed by atoms with Crippen LogP contribution in [0, 0.1) is 0 Å². The molecule has 0 spiro atoms. The first-order valence-electron chi connectivity index (χ1n) is 4.29. The number of carboxylic acids is 1. The SMILES string of the molecule is CCCCOC(=O)NCCC(=O)O.Cl. The molecule has 0 bridgehead atoms. The maximum absolute atomic E-state index is 10.8. The largest absolute Gasteiger partial charge is 0.481 e. The van der Waals surface area contributed by atoms with E-state index < -0.39 is 12.1 Å². The minimum Gasteiger partial charge on any atom is -0.481 e. The molecule has 14 heavy (non-hydrogen) atoms. The number of carboxylic acid groups (broad SMARTS) is 1. The van der Waals surface area contributed by atoms with Gasteiger partial charge in [0.25, 0.3) is 0 Å². The number of nitrogens with one attached hydrogen (secondary N) is 1. The average Bonchev–Trinajstić information content (AvgIpc) is 2.04. The van der Waals surface area contributed by atoms with Gasteiger partial charge < -0.3 is 15.2 Å². The van der Waals surface area contributed by atoms with Crippen LogP contribution in [0.1, 0.15) is 26.2 Å². The third kappa shape index (κ3) is 11.0. The standard InChI is InChI=1S/C8H15NO4.ClH/c1-2-3-6-13-8(12)9-5-4-7(10)11;/h2-6H2,1H3,(H,9,12)(H,10,11);1H. The molecule has 0 radical (unpaired) electrons. The second-order valence-corrected chi connectivity index (χ2v) is 2.56. The Balaban J connectivity index is 0. The van der Waals surface area contributed by atoms with E-state index in [4.69, 9.17) is 9.84 Å². The highest BCUT2D eigenvalue weighted by atomic mass is 35.5. The molecule has 0 saturated heterocycles. The highest BCUT2D eigenvalue weighted by molar-refractivity contribution is 5.85. The van der Waals surface area contributed by atoms with Gasteiger partial charge >= 0.3 is 12.1 Å². The van der Waals surface area contributed by atoms with Crippen LogP contribution in [0.4, 0.5) is 4.79 Å². The lowest BCUT2D eigenvalue weighted by Crippen LogP contribution is -2.27.